The first-order chi connectivity index (χ1) is 12.0. The van der Waals surface area contributed by atoms with Crippen molar-refractivity contribution in [3.05, 3.63) is 0 Å². The monoisotopic (exact) mass is 394 g/mol. The van der Waals surface area contributed by atoms with Gasteiger partial charge in [0.05, 0.1) is 19.1 Å². The number of thiol groups is 1. The van der Waals surface area contributed by atoms with Gasteiger partial charge in [0, 0.05) is 5.75 Å². The van der Waals surface area contributed by atoms with Gasteiger partial charge in [-0.1, -0.05) is 0 Å². The zero-order valence-electron chi connectivity index (χ0n) is 13.8. The fraction of sp³-hybridized carbons (Fsp3) is 0.615. The molecule has 0 aromatic heterocycles. The predicted molar refractivity (Wildman–Crippen MR) is 90.3 cm³/mol. The number of rotatable bonds is 11. The number of hydrogen-bond acceptors (Lipinski definition) is 8. The van der Waals surface area contributed by atoms with Gasteiger partial charge >= 0.3 is 11.9 Å². The smallest absolute Gasteiger partial charge is 0.326 e. The third kappa shape index (κ3) is 8.13. The molecule has 8 N–H and O–H groups in total. The van der Waals surface area contributed by atoms with Gasteiger partial charge in [-0.2, -0.15) is 12.6 Å². The molecule has 0 aliphatic rings. The van der Waals surface area contributed by atoms with Crippen LogP contribution in [0.25, 0.3) is 0 Å². The van der Waals surface area contributed by atoms with Crippen LogP contribution in [0.15, 0.2) is 0 Å². The third-order valence-electron chi connectivity index (χ3n) is 3.09. The third-order valence-corrected chi connectivity index (χ3v) is 3.49. The second-order valence-corrected chi connectivity index (χ2v) is 5.63. The fourth-order valence-electron chi connectivity index (χ4n) is 1.61. The molecular weight excluding hydrogens is 372 g/mol. The molecule has 0 fully saturated rings. The minimum absolute atomic E-state index is 0.0436. The Morgan fingerprint density at radius 3 is 1.92 bits per heavy atom. The van der Waals surface area contributed by atoms with Crippen LogP contribution in [-0.2, 0) is 24.0 Å². The summed E-state index contributed by atoms with van der Waals surface area (Å²) < 4.78 is 0. The lowest BCUT2D eigenvalue weighted by Gasteiger charge is -2.22. The van der Waals surface area contributed by atoms with E-state index in [9.17, 15) is 29.1 Å². The summed E-state index contributed by atoms with van der Waals surface area (Å²) in [6, 6.07) is -5.34. The zero-order chi connectivity index (χ0) is 20.4. The Hall–Kier alpha value is -2.38. The van der Waals surface area contributed by atoms with Crippen LogP contribution in [0.2, 0.25) is 0 Å². The first-order valence-electron chi connectivity index (χ1n) is 7.36. The van der Waals surface area contributed by atoms with E-state index in [0.29, 0.717) is 0 Å². The maximum absolute atomic E-state index is 12.0. The summed E-state index contributed by atoms with van der Waals surface area (Å²) in [6.07, 6.45) is -0.888. The van der Waals surface area contributed by atoms with Gasteiger partial charge in [-0.25, -0.2) is 4.79 Å². The highest BCUT2D eigenvalue weighted by Crippen LogP contribution is 1.96. The maximum atomic E-state index is 12.0. The molecule has 148 valence electrons. The maximum Gasteiger partial charge on any atom is 0.326 e. The number of carbonyl (C=O) groups excluding carboxylic acids is 3. The minimum Gasteiger partial charge on any atom is -0.481 e. The van der Waals surface area contributed by atoms with E-state index in [4.69, 9.17) is 15.9 Å². The van der Waals surface area contributed by atoms with Crippen LogP contribution < -0.4 is 21.7 Å². The summed E-state index contributed by atoms with van der Waals surface area (Å²) in [5.41, 5.74) is 5.44. The van der Waals surface area contributed by atoms with Gasteiger partial charge < -0.3 is 37.0 Å². The molecule has 0 bridgehead atoms. The number of carboxylic acids is 2. The van der Waals surface area contributed by atoms with E-state index in [0.717, 1.165) is 0 Å². The molecule has 0 saturated heterocycles. The molecule has 4 unspecified atom stereocenters. The molecule has 0 aromatic carbocycles. The lowest BCUT2D eigenvalue weighted by Crippen LogP contribution is -2.57. The molecular formula is C13H22N4O8S. The molecule has 13 heteroatoms. The van der Waals surface area contributed by atoms with E-state index in [1.165, 1.54) is 6.92 Å². The summed E-state index contributed by atoms with van der Waals surface area (Å²) in [5.74, 6) is -5.60. The second-order valence-electron chi connectivity index (χ2n) is 5.26. The van der Waals surface area contributed by atoms with E-state index in [1.807, 2.05) is 5.32 Å². The van der Waals surface area contributed by atoms with Crippen LogP contribution in [0.3, 0.4) is 0 Å². The van der Waals surface area contributed by atoms with Crippen molar-refractivity contribution < 1.29 is 39.3 Å². The molecule has 12 nitrogen and oxygen atoms in total. The second kappa shape index (κ2) is 11.3. The molecule has 4 atom stereocenters. The van der Waals surface area contributed by atoms with Crippen molar-refractivity contribution in [2.45, 2.75) is 37.5 Å². The highest BCUT2D eigenvalue weighted by molar-refractivity contribution is 7.80. The fourth-order valence-corrected chi connectivity index (χ4v) is 1.77. The normalized spacial score (nSPS) is 15.1. The van der Waals surface area contributed by atoms with Gasteiger partial charge in [0.2, 0.25) is 17.7 Å². The average Bonchev–Trinajstić information content (AvgIpc) is 2.56. The quantitative estimate of drug-likeness (QED) is 0.162. The number of carboxylic acid groups (broad SMARTS) is 2. The lowest BCUT2D eigenvalue weighted by molar-refractivity contribution is -0.147. The molecule has 0 spiro atoms. The number of aliphatic hydroxyl groups is 1. The average molecular weight is 394 g/mol. The Morgan fingerprint density at radius 1 is 0.962 bits per heavy atom. The van der Waals surface area contributed by atoms with Gasteiger partial charge in [0.25, 0.3) is 0 Å². The summed E-state index contributed by atoms with van der Waals surface area (Å²) in [4.78, 5) is 57.0. The molecule has 0 radical (unpaired) electrons. The van der Waals surface area contributed by atoms with Crippen molar-refractivity contribution in [2.24, 2.45) is 5.73 Å². The van der Waals surface area contributed by atoms with Gasteiger partial charge in [-0.05, 0) is 6.92 Å². The largest absolute Gasteiger partial charge is 0.481 e. The molecule has 0 aromatic rings. The zero-order valence-corrected chi connectivity index (χ0v) is 14.7. The SMILES string of the molecule is CC(NC(=O)C(N)CS)C(=O)NC(CO)C(=O)NC(CC(=O)O)C(=O)O. The van der Waals surface area contributed by atoms with Crippen molar-refractivity contribution in [2.75, 3.05) is 12.4 Å². The Balaban J connectivity index is 4.83. The minimum atomic E-state index is -1.74. The summed E-state index contributed by atoms with van der Waals surface area (Å²) in [7, 11) is 0. The number of hydrogen-bond donors (Lipinski definition) is 8. The topological polar surface area (TPSA) is 208 Å². The van der Waals surface area contributed by atoms with Crippen LogP contribution in [-0.4, -0.2) is 81.5 Å². The highest BCUT2D eigenvalue weighted by Gasteiger charge is 2.29. The number of aliphatic hydroxyl groups excluding tert-OH is 1. The van der Waals surface area contributed by atoms with Crippen molar-refractivity contribution in [1.82, 2.24) is 16.0 Å². The Labute approximate surface area is 153 Å². The van der Waals surface area contributed by atoms with E-state index < -0.39 is 66.9 Å². The van der Waals surface area contributed by atoms with Gasteiger partial charge in [-0.15, -0.1) is 0 Å². The lowest BCUT2D eigenvalue weighted by atomic mass is 10.1. The number of amides is 3. The van der Waals surface area contributed by atoms with E-state index in [-0.39, 0.29) is 5.75 Å². The van der Waals surface area contributed by atoms with Crippen LogP contribution >= 0.6 is 12.6 Å². The number of aliphatic carboxylic acids is 2. The molecule has 0 rings (SSSR count). The van der Waals surface area contributed by atoms with Crippen LogP contribution in [0.1, 0.15) is 13.3 Å². The van der Waals surface area contributed by atoms with Crippen LogP contribution in [0.5, 0.6) is 0 Å². The van der Waals surface area contributed by atoms with E-state index >= 15 is 0 Å². The van der Waals surface area contributed by atoms with E-state index in [1.54, 1.807) is 0 Å². The Bertz CT molecular complexity index is 558. The number of carbonyl (C=O) groups is 5. The molecule has 0 heterocycles. The standard InChI is InChI=1S/C13H22N4O8S/c1-5(15-11(22)6(14)4-26)10(21)17-8(3-18)12(23)16-7(13(24)25)2-9(19)20/h5-8,18,26H,2-4,14H2,1H3,(H,15,22)(H,16,23)(H,17,21)(H,19,20)(H,24,25). The first kappa shape index (κ1) is 23.6. The molecule has 0 aliphatic carbocycles. The van der Waals surface area contributed by atoms with Gasteiger partial charge in [-0.3, -0.25) is 19.2 Å². The van der Waals surface area contributed by atoms with Crippen molar-refractivity contribution >= 4 is 42.3 Å². The molecule has 0 saturated carbocycles. The van der Waals surface area contributed by atoms with Crippen LogP contribution in [0, 0.1) is 0 Å². The number of nitrogens with two attached hydrogens (primary N) is 1. The molecule has 0 aliphatic heterocycles. The van der Waals surface area contributed by atoms with Gasteiger partial charge in [0.15, 0.2) is 0 Å². The van der Waals surface area contributed by atoms with Crippen molar-refractivity contribution in [3.63, 3.8) is 0 Å². The Kier molecular flexibility index (Phi) is 10.2. The molecule has 26 heavy (non-hydrogen) atoms. The van der Waals surface area contributed by atoms with Gasteiger partial charge in [0.1, 0.15) is 18.1 Å². The Morgan fingerprint density at radius 2 is 1.50 bits per heavy atom. The summed E-state index contributed by atoms with van der Waals surface area (Å²) in [5, 5.41) is 33.0. The summed E-state index contributed by atoms with van der Waals surface area (Å²) in [6.45, 7) is 0.420. The molecule has 3 amide bonds. The predicted octanol–water partition coefficient (Wildman–Crippen LogP) is -3.73. The summed E-state index contributed by atoms with van der Waals surface area (Å²) >= 11 is 3.84. The van der Waals surface area contributed by atoms with Crippen molar-refractivity contribution in [1.29, 1.82) is 0 Å². The van der Waals surface area contributed by atoms with Crippen LogP contribution in [0.4, 0.5) is 0 Å². The van der Waals surface area contributed by atoms with E-state index in [2.05, 4.69) is 23.3 Å². The number of nitrogens with one attached hydrogen (secondary N) is 3. The highest BCUT2D eigenvalue weighted by atomic mass is 32.1. The van der Waals surface area contributed by atoms with Crippen molar-refractivity contribution in [3.8, 4) is 0 Å². The first-order valence-corrected chi connectivity index (χ1v) is 7.99.